The molecular formula is C24H30N6O2. The number of aromatic nitrogens is 2. The van der Waals surface area contributed by atoms with Crippen molar-refractivity contribution in [2.45, 2.75) is 56.7 Å². The minimum absolute atomic E-state index is 0.0418. The molecule has 2 saturated carbocycles. The Morgan fingerprint density at radius 3 is 2.53 bits per heavy atom. The molecule has 3 fully saturated rings. The largest absolute Gasteiger partial charge is 0.393 e. The maximum Gasteiger partial charge on any atom is 0.225 e. The number of carbonyl (C=O) groups excluding carboxylic acids is 1. The van der Waals surface area contributed by atoms with Gasteiger partial charge < -0.3 is 15.3 Å². The molecule has 32 heavy (non-hydrogen) atoms. The Kier molecular flexibility index (Phi) is 5.94. The van der Waals surface area contributed by atoms with Crippen LogP contribution in [-0.2, 0) is 4.79 Å². The predicted molar refractivity (Wildman–Crippen MR) is 121 cm³/mol. The molecule has 2 N–H and O–H groups in total. The zero-order valence-corrected chi connectivity index (χ0v) is 18.3. The van der Waals surface area contributed by atoms with E-state index in [0.717, 1.165) is 68.6 Å². The van der Waals surface area contributed by atoms with Gasteiger partial charge in [0.2, 0.25) is 5.91 Å². The average Bonchev–Trinajstić information content (AvgIpc) is 2.82. The van der Waals surface area contributed by atoms with Gasteiger partial charge in [-0.05, 0) is 56.7 Å². The molecule has 0 bridgehead atoms. The van der Waals surface area contributed by atoms with Crippen molar-refractivity contribution in [1.82, 2.24) is 19.8 Å². The normalized spacial score (nSPS) is 28.7. The summed E-state index contributed by atoms with van der Waals surface area (Å²) in [5, 5.41) is 23.2. The van der Waals surface area contributed by atoms with Gasteiger partial charge in [0.05, 0.1) is 23.3 Å². The Morgan fingerprint density at radius 2 is 1.84 bits per heavy atom. The molecule has 0 radical (unpaired) electrons. The van der Waals surface area contributed by atoms with Gasteiger partial charge in [-0.2, -0.15) is 5.26 Å². The van der Waals surface area contributed by atoms with Gasteiger partial charge in [0.1, 0.15) is 12.1 Å². The molecule has 0 spiro atoms. The molecule has 8 nitrogen and oxygen atoms in total. The molecule has 1 amide bonds. The highest BCUT2D eigenvalue weighted by atomic mass is 16.3. The number of hydrogen-bond donors (Lipinski definition) is 2. The van der Waals surface area contributed by atoms with Crippen molar-refractivity contribution in [2.24, 2.45) is 5.92 Å². The van der Waals surface area contributed by atoms with Crippen LogP contribution in [-0.4, -0.2) is 75.1 Å². The summed E-state index contributed by atoms with van der Waals surface area (Å²) in [4.78, 5) is 25.8. The first-order valence-corrected chi connectivity index (χ1v) is 11.7. The lowest BCUT2D eigenvalue weighted by atomic mass is 9.81. The van der Waals surface area contributed by atoms with Crippen LogP contribution in [0.2, 0.25) is 0 Å². The number of piperazine rings is 1. The SMILES string of the molecule is N#Cc1ccc2ncnc(N[C@H]3CC[C@H](N4CCN(C(=O)C5CC(O)C5)CC4)CC3)c2c1. The summed E-state index contributed by atoms with van der Waals surface area (Å²) in [6.45, 7) is 3.49. The van der Waals surface area contributed by atoms with E-state index in [4.69, 9.17) is 0 Å². The summed E-state index contributed by atoms with van der Waals surface area (Å²) < 4.78 is 0. The predicted octanol–water partition coefficient (Wildman–Crippen LogP) is 2.14. The van der Waals surface area contributed by atoms with Crippen LogP contribution in [0, 0.1) is 17.2 Å². The van der Waals surface area contributed by atoms with E-state index in [1.54, 1.807) is 12.4 Å². The average molecular weight is 435 g/mol. The van der Waals surface area contributed by atoms with Gasteiger partial charge in [0, 0.05) is 49.6 Å². The second-order valence-corrected chi connectivity index (χ2v) is 9.40. The third-order valence-corrected chi connectivity index (χ3v) is 7.41. The number of benzene rings is 1. The zero-order chi connectivity index (χ0) is 22.1. The first kappa shape index (κ1) is 21.1. The molecule has 1 aromatic heterocycles. The van der Waals surface area contributed by atoms with Crippen LogP contribution in [0.25, 0.3) is 10.9 Å². The standard InChI is InChI=1S/C24H30N6O2/c25-14-16-1-6-22-21(11-16)23(27-15-26-22)28-18-2-4-19(5-3-18)29-7-9-30(10-8-29)24(32)17-12-20(31)13-17/h1,6,11,15,17-20,31H,2-5,7-10,12-13H2,(H,26,27,28)/t17?,18-,19-,20?. The monoisotopic (exact) mass is 434 g/mol. The van der Waals surface area contributed by atoms with E-state index in [2.05, 4.69) is 26.3 Å². The lowest BCUT2D eigenvalue weighted by Crippen LogP contribution is -2.55. The number of nitrogens with one attached hydrogen (secondary N) is 1. The van der Waals surface area contributed by atoms with E-state index in [1.165, 1.54) is 0 Å². The summed E-state index contributed by atoms with van der Waals surface area (Å²) in [6, 6.07) is 8.64. The second kappa shape index (κ2) is 9.00. The molecule has 2 aromatic rings. The van der Waals surface area contributed by atoms with Gasteiger partial charge in [0.25, 0.3) is 0 Å². The van der Waals surface area contributed by atoms with E-state index < -0.39 is 0 Å². The highest BCUT2D eigenvalue weighted by Crippen LogP contribution is 2.31. The first-order valence-electron chi connectivity index (χ1n) is 11.7. The minimum Gasteiger partial charge on any atom is -0.393 e. The van der Waals surface area contributed by atoms with Crippen molar-refractivity contribution < 1.29 is 9.90 Å². The Morgan fingerprint density at radius 1 is 1.09 bits per heavy atom. The number of aliphatic hydroxyl groups excluding tert-OH is 1. The van der Waals surface area contributed by atoms with Crippen molar-refractivity contribution in [1.29, 1.82) is 5.26 Å². The van der Waals surface area contributed by atoms with Gasteiger partial charge in [-0.1, -0.05) is 0 Å². The van der Waals surface area contributed by atoms with Crippen molar-refractivity contribution in [3.05, 3.63) is 30.1 Å². The summed E-state index contributed by atoms with van der Waals surface area (Å²) in [6.07, 6.45) is 6.99. The second-order valence-electron chi connectivity index (χ2n) is 9.40. The smallest absolute Gasteiger partial charge is 0.225 e. The molecule has 168 valence electrons. The topological polar surface area (TPSA) is 105 Å². The Bertz CT molecular complexity index is 1010. The Labute approximate surface area is 188 Å². The Balaban J connectivity index is 1.13. The molecule has 5 rings (SSSR count). The summed E-state index contributed by atoms with van der Waals surface area (Å²) in [7, 11) is 0. The van der Waals surface area contributed by atoms with E-state index >= 15 is 0 Å². The van der Waals surface area contributed by atoms with E-state index in [9.17, 15) is 15.2 Å². The molecule has 2 heterocycles. The van der Waals surface area contributed by atoms with Crippen LogP contribution >= 0.6 is 0 Å². The van der Waals surface area contributed by atoms with E-state index in [1.807, 2.05) is 17.0 Å². The van der Waals surface area contributed by atoms with Crippen molar-refractivity contribution in [3.63, 3.8) is 0 Å². The van der Waals surface area contributed by atoms with Crippen LogP contribution < -0.4 is 5.32 Å². The molecule has 2 aliphatic carbocycles. The van der Waals surface area contributed by atoms with Gasteiger partial charge in [-0.3, -0.25) is 9.69 Å². The lowest BCUT2D eigenvalue weighted by molar-refractivity contribution is -0.144. The van der Waals surface area contributed by atoms with Crippen molar-refractivity contribution >= 4 is 22.6 Å². The van der Waals surface area contributed by atoms with Gasteiger partial charge in [0.15, 0.2) is 0 Å². The van der Waals surface area contributed by atoms with E-state index in [0.29, 0.717) is 30.5 Å². The number of amides is 1. The highest BCUT2D eigenvalue weighted by Gasteiger charge is 2.37. The summed E-state index contributed by atoms with van der Waals surface area (Å²) in [5.74, 6) is 1.09. The number of rotatable bonds is 4. The van der Waals surface area contributed by atoms with Crippen LogP contribution in [0.5, 0.6) is 0 Å². The quantitative estimate of drug-likeness (QED) is 0.759. The minimum atomic E-state index is -0.275. The molecule has 8 heteroatoms. The third-order valence-electron chi connectivity index (χ3n) is 7.41. The highest BCUT2D eigenvalue weighted by molar-refractivity contribution is 5.89. The van der Waals surface area contributed by atoms with Crippen molar-refractivity contribution in [3.8, 4) is 6.07 Å². The molecular weight excluding hydrogens is 404 g/mol. The fraction of sp³-hybridized carbons (Fsp3) is 0.583. The number of anilines is 1. The first-order chi connectivity index (χ1) is 15.6. The fourth-order valence-corrected chi connectivity index (χ4v) is 5.37. The number of aliphatic hydroxyl groups is 1. The van der Waals surface area contributed by atoms with Gasteiger partial charge >= 0.3 is 0 Å². The van der Waals surface area contributed by atoms with Gasteiger partial charge in [-0.15, -0.1) is 0 Å². The number of fused-ring (bicyclic) bond motifs is 1. The molecule has 1 aliphatic heterocycles. The Hall–Kier alpha value is -2.76. The fourth-order valence-electron chi connectivity index (χ4n) is 5.37. The maximum absolute atomic E-state index is 12.5. The number of hydrogen-bond acceptors (Lipinski definition) is 7. The number of nitrogens with zero attached hydrogens (tertiary/aromatic N) is 5. The van der Waals surface area contributed by atoms with Gasteiger partial charge in [-0.25, -0.2) is 9.97 Å². The lowest BCUT2D eigenvalue weighted by Gasteiger charge is -2.43. The molecule has 0 unspecified atom stereocenters. The number of nitriles is 1. The van der Waals surface area contributed by atoms with Crippen LogP contribution in [0.1, 0.15) is 44.1 Å². The third kappa shape index (κ3) is 4.27. The number of carbonyl (C=O) groups is 1. The zero-order valence-electron chi connectivity index (χ0n) is 18.3. The maximum atomic E-state index is 12.5. The van der Waals surface area contributed by atoms with Crippen LogP contribution in [0.15, 0.2) is 24.5 Å². The summed E-state index contributed by atoms with van der Waals surface area (Å²) >= 11 is 0. The van der Waals surface area contributed by atoms with Crippen molar-refractivity contribution in [2.75, 3.05) is 31.5 Å². The van der Waals surface area contributed by atoms with Crippen LogP contribution in [0.3, 0.4) is 0 Å². The van der Waals surface area contributed by atoms with Crippen LogP contribution in [0.4, 0.5) is 5.82 Å². The molecule has 3 aliphatic rings. The summed E-state index contributed by atoms with van der Waals surface area (Å²) in [5.41, 5.74) is 1.46. The molecule has 1 aromatic carbocycles. The van der Waals surface area contributed by atoms with E-state index in [-0.39, 0.29) is 17.9 Å². The molecule has 0 atom stereocenters. The molecule has 1 saturated heterocycles.